The van der Waals surface area contributed by atoms with Gasteiger partial charge in [-0.1, -0.05) is 72.8 Å². The van der Waals surface area contributed by atoms with Crippen molar-refractivity contribution in [3.8, 4) is 0 Å². The molecule has 0 heterocycles. The van der Waals surface area contributed by atoms with Gasteiger partial charge in [-0.15, -0.1) is 0 Å². The Balaban J connectivity index is 0.000000142. The summed E-state index contributed by atoms with van der Waals surface area (Å²) in [7, 11) is 0. The van der Waals surface area contributed by atoms with E-state index in [1.54, 1.807) is 0 Å². The number of fused-ring (bicyclic) bond motifs is 6. The molecule has 2 unspecified atom stereocenters. The van der Waals surface area contributed by atoms with Gasteiger partial charge in [0.25, 0.3) is 0 Å². The van der Waals surface area contributed by atoms with Crippen molar-refractivity contribution >= 4 is 33.1 Å². The Kier molecular flexibility index (Phi) is 6.27. The van der Waals surface area contributed by atoms with Crippen LogP contribution in [0.1, 0.15) is 35.1 Å². The van der Waals surface area contributed by atoms with E-state index < -0.39 is 0 Å². The molecular formula is C30H30N2O2. The Morgan fingerprint density at radius 2 is 1.09 bits per heavy atom. The number of hydrogen-bond donors (Lipinski definition) is 2. The lowest BCUT2D eigenvalue weighted by atomic mass is 9.95. The number of hydrogen-bond acceptors (Lipinski definition) is 4. The quantitative estimate of drug-likeness (QED) is 0.388. The molecule has 4 aromatic rings. The molecule has 172 valence electrons. The summed E-state index contributed by atoms with van der Waals surface area (Å²) in [6, 6.07) is 24.4. The molecule has 0 aliphatic heterocycles. The van der Waals surface area contributed by atoms with Gasteiger partial charge in [-0.25, -0.2) is 0 Å². The summed E-state index contributed by atoms with van der Waals surface area (Å²) in [4.78, 5) is 23.7. The predicted octanol–water partition coefficient (Wildman–Crippen LogP) is 4.45. The van der Waals surface area contributed by atoms with E-state index in [1.165, 1.54) is 38.2 Å². The SMILES string of the molecule is NC1CCc2c(ccc3ccccc23)CC1=O.NC1CCc2ccc3ccccc3c2CC1=O. The maximum absolute atomic E-state index is 11.9. The number of carbonyl (C=O) groups is 2. The summed E-state index contributed by atoms with van der Waals surface area (Å²) < 4.78 is 0. The maximum atomic E-state index is 11.9. The van der Waals surface area contributed by atoms with Gasteiger partial charge >= 0.3 is 0 Å². The van der Waals surface area contributed by atoms with Crippen LogP contribution in [0, 0.1) is 0 Å². The number of rotatable bonds is 0. The molecular weight excluding hydrogens is 420 g/mol. The number of nitrogens with two attached hydrogens (primary N) is 2. The summed E-state index contributed by atoms with van der Waals surface area (Å²) in [5, 5.41) is 4.92. The van der Waals surface area contributed by atoms with Crippen molar-refractivity contribution in [1.29, 1.82) is 0 Å². The van der Waals surface area contributed by atoms with Crippen LogP contribution in [-0.4, -0.2) is 23.7 Å². The first-order valence-corrected chi connectivity index (χ1v) is 12.1. The average Bonchev–Trinajstić information content (AvgIpc) is 3.11. The van der Waals surface area contributed by atoms with E-state index >= 15 is 0 Å². The highest BCUT2D eigenvalue weighted by molar-refractivity contribution is 5.94. The smallest absolute Gasteiger partial charge is 0.153 e. The Morgan fingerprint density at radius 1 is 0.559 bits per heavy atom. The normalized spacial score (nSPS) is 20.1. The molecule has 2 atom stereocenters. The molecule has 0 saturated heterocycles. The molecule has 2 aliphatic carbocycles. The van der Waals surface area contributed by atoms with E-state index in [1.807, 2.05) is 18.2 Å². The minimum Gasteiger partial charge on any atom is -0.321 e. The molecule has 6 rings (SSSR count). The Hall–Kier alpha value is -3.34. The van der Waals surface area contributed by atoms with Crippen LogP contribution < -0.4 is 11.5 Å². The van der Waals surface area contributed by atoms with Crippen molar-refractivity contribution in [2.75, 3.05) is 0 Å². The Morgan fingerprint density at radius 3 is 1.76 bits per heavy atom. The molecule has 0 fully saturated rings. The summed E-state index contributed by atoms with van der Waals surface area (Å²) in [5.41, 5.74) is 16.6. The van der Waals surface area contributed by atoms with Crippen LogP contribution in [0.3, 0.4) is 0 Å². The number of aryl methyl sites for hydroxylation is 2. The summed E-state index contributed by atoms with van der Waals surface area (Å²) >= 11 is 0. The van der Waals surface area contributed by atoms with Gasteiger partial charge in [-0.2, -0.15) is 0 Å². The highest BCUT2D eigenvalue weighted by atomic mass is 16.1. The van der Waals surface area contributed by atoms with Gasteiger partial charge in [0.05, 0.1) is 12.1 Å². The van der Waals surface area contributed by atoms with Gasteiger partial charge in [-0.3, -0.25) is 9.59 Å². The molecule has 0 amide bonds. The van der Waals surface area contributed by atoms with Crippen LogP contribution in [0.15, 0.2) is 72.8 Å². The molecule has 0 bridgehead atoms. The first kappa shape index (κ1) is 22.5. The first-order valence-electron chi connectivity index (χ1n) is 12.1. The third kappa shape index (κ3) is 4.39. The summed E-state index contributed by atoms with van der Waals surface area (Å²) in [6.45, 7) is 0. The van der Waals surface area contributed by atoms with E-state index in [2.05, 4.69) is 54.6 Å². The standard InChI is InChI=1S/2C15H15NO/c16-14-8-7-13-11(9-15(14)17)6-5-10-3-1-2-4-12(10)13;16-14-8-7-11-6-5-10-3-1-2-4-12(10)13(11)9-15(14)17/h2*1-6,14H,7-9,16H2. The predicted molar refractivity (Wildman–Crippen MR) is 138 cm³/mol. The number of benzene rings is 4. The highest BCUT2D eigenvalue weighted by Crippen LogP contribution is 2.28. The second-order valence-corrected chi connectivity index (χ2v) is 9.43. The van der Waals surface area contributed by atoms with E-state index in [4.69, 9.17) is 11.5 Å². The van der Waals surface area contributed by atoms with Gasteiger partial charge < -0.3 is 11.5 Å². The lowest BCUT2D eigenvalue weighted by molar-refractivity contribution is -0.120. The lowest BCUT2D eigenvalue weighted by Crippen LogP contribution is -2.30. The van der Waals surface area contributed by atoms with E-state index in [0.29, 0.717) is 12.8 Å². The van der Waals surface area contributed by atoms with Gasteiger partial charge in [-0.05, 0) is 69.5 Å². The maximum Gasteiger partial charge on any atom is 0.153 e. The zero-order chi connectivity index (χ0) is 23.7. The second-order valence-electron chi connectivity index (χ2n) is 9.43. The first-order chi connectivity index (χ1) is 16.5. The Bertz CT molecular complexity index is 1390. The molecule has 0 radical (unpaired) electrons. The molecule has 4 heteroatoms. The fourth-order valence-electron chi connectivity index (χ4n) is 5.22. The molecule has 0 spiro atoms. The van der Waals surface area contributed by atoms with Gasteiger partial charge in [0.2, 0.25) is 0 Å². The summed E-state index contributed by atoms with van der Waals surface area (Å²) in [6.07, 6.45) is 4.32. The van der Waals surface area contributed by atoms with Crippen LogP contribution in [0.5, 0.6) is 0 Å². The molecule has 2 aliphatic rings. The fourth-order valence-corrected chi connectivity index (χ4v) is 5.22. The molecule has 4 nitrogen and oxygen atoms in total. The minimum atomic E-state index is -0.291. The monoisotopic (exact) mass is 450 g/mol. The zero-order valence-corrected chi connectivity index (χ0v) is 19.3. The third-order valence-corrected chi connectivity index (χ3v) is 7.25. The second kappa shape index (κ2) is 9.49. The zero-order valence-electron chi connectivity index (χ0n) is 19.3. The fraction of sp³-hybridized carbons (Fsp3) is 0.267. The van der Waals surface area contributed by atoms with Crippen molar-refractivity contribution in [1.82, 2.24) is 0 Å². The molecule has 0 saturated carbocycles. The number of Topliss-reactive ketones (excluding diaryl/α,β-unsaturated/α-hetero) is 2. The third-order valence-electron chi connectivity index (χ3n) is 7.25. The van der Waals surface area contributed by atoms with E-state index in [-0.39, 0.29) is 23.7 Å². The molecule has 4 N–H and O–H groups in total. The van der Waals surface area contributed by atoms with Crippen LogP contribution in [0.2, 0.25) is 0 Å². The van der Waals surface area contributed by atoms with Gasteiger partial charge in [0.1, 0.15) is 0 Å². The van der Waals surface area contributed by atoms with Crippen molar-refractivity contribution in [2.24, 2.45) is 11.5 Å². The molecule has 4 aromatic carbocycles. The van der Waals surface area contributed by atoms with E-state index in [0.717, 1.165) is 31.2 Å². The van der Waals surface area contributed by atoms with Crippen LogP contribution in [0.25, 0.3) is 21.5 Å². The summed E-state index contributed by atoms with van der Waals surface area (Å²) in [5.74, 6) is 0.333. The van der Waals surface area contributed by atoms with Crippen molar-refractivity contribution in [3.63, 3.8) is 0 Å². The highest BCUT2D eigenvalue weighted by Gasteiger charge is 2.22. The van der Waals surface area contributed by atoms with Crippen LogP contribution in [-0.2, 0) is 35.3 Å². The van der Waals surface area contributed by atoms with E-state index in [9.17, 15) is 9.59 Å². The Labute approximate surface area is 199 Å². The average molecular weight is 451 g/mol. The van der Waals surface area contributed by atoms with Crippen molar-refractivity contribution in [2.45, 2.75) is 50.6 Å². The van der Waals surface area contributed by atoms with Crippen molar-refractivity contribution < 1.29 is 9.59 Å². The lowest BCUT2D eigenvalue weighted by Gasteiger charge is -2.09. The number of ketones is 2. The van der Waals surface area contributed by atoms with Gasteiger partial charge in [0, 0.05) is 12.8 Å². The largest absolute Gasteiger partial charge is 0.321 e. The van der Waals surface area contributed by atoms with Crippen molar-refractivity contribution in [3.05, 3.63) is 95.1 Å². The minimum absolute atomic E-state index is 0.166. The molecule has 34 heavy (non-hydrogen) atoms. The van der Waals surface area contributed by atoms with Gasteiger partial charge in [0.15, 0.2) is 11.6 Å². The molecule has 0 aromatic heterocycles. The topological polar surface area (TPSA) is 86.2 Å². The number of carbonyl (C=O) groups excluding carboxylic acids is 2. The van der Waals surface area contributed by atoms with Crippen LogP contribution in [0.4, 0.5) is 0 Å². The van der Waals surface area contributed by atoms with Crippen LogP contribution >= 0.6 is 0 Å².